The number of benzene rings is 4. The molecule has 0 atom stereocenters. The fraction of sp³-hybridized carbons (Fsp3) is 0.111. The molecule has 0 nitrogen and oxygen atoms in total. The van der Waals surface area contributed by atoms with Gasteiger partial charge in [-0.2, -0.15) is 0 Å². The second-order valence-electron chi connectivity index (χ2n) is 7.67. The quantitative estimate of drug-likeness (QED) is 0.413. The van der Waals surface area contributed by atoms with E-state index in [1.165, 1.54) is 29.9 Å². The summed E-state index contributed by atoms with van der Waals surface area (Å²) in [5.41, 5.74) is 4.06. The summed E-state index contributed by atoms with van der Waals surface area (Å²) in [4.78, 5) is 0. The third-order valence-electron chi connectivity index (χ3n) is 5.67. The molecule has 4 rings (SSSR count). The predicted molar refractivity (Wildman–Crippen MR) is 124 cm³/mol. The van der Waals surface area contributed by atoms with E-state index in [2.05, 4.69) is 123 Å². The Kier molecular flexibility index (Phi) is 5.50. The topological polar surface area (TPSA) is 0 Å². The van der Waals surface area contributed by atoms with Gasteiger partial charge in [-0.3, -0.25) is 0 Å². The van der Waals surface area contributed by atoms with Gasteiger partial charge < -0.3 is 0 Å². The molecule has 0 aliphatic carbocycles. The normalized spacial score (nSPS) is 11.4. The summed E-state index contributed by atoms with van der Waals surface area (Å²) in [7, 11) is 0. The van der Waals surface area contributed by atoms with Crippen molar-refractivity contribution < 1.29 is 0 Å². The molecule has 0 unspecified atom stereocenters. The molecule has 0 saturated heterocycles. The molecule has 0 amide bonds. The van der Waals surface area contributed by atoms with E-state index in [1.807, 2.05) is 0 Å². The van der Waals surface area contributed by atoms with Gasteiger partial charge in [-0.1, -0.05) is 0 Å². The summed E-state index contributed by atoms with van der Waals surface area (Å²) in [5, 5.41) is 1.11. The van der Waals surface area contributed by atoms with E-state index in [9.17, 15) is 0 Å². The van der Waals surface area contributed by atoms with E-state index in [0.29, 0.717) is 0 Å². The molecule has 0 radical (unpaired) electrons. The van der Waals surface area contributed by atoms with Crippen LogP contribution in [-0.2, 0) is 5.25 Å². The Bertz CT molecular complexity index is 978. The number of aryl methyl sites for hydroxylation is 2. The van der Waals surface area contributed by atoms with Crippen molar-refractivity contribution in [3.8, 4) is 0 Å². The number of hydrogen-bond donors (Lipinski definition) is 0. The summed E-state index contributed by atoms with van der Waals surface area (Å²) in [6.07, 6.45) is 0. The van der Waals surface area contributed by atoms with Crippen LogP contribution in [0, 0.1) is 13.8 Å². The Morgan fingerprint density at radius 1 is 0.464 bits per heavy atom. The molecule has 0 bridgehead atoms. The third-order valence-corrected chi connectivity index (χ3v) is 15.9. The van der Waals surface area contributed by atoms with Gasteiger partial charge in [0.05, 0.1) is 0 Å². The number of hydrogen-bond acceptors (Lipinski definition) is 0. The molecular formula is C27H26Ge. The zero-order valence-electron chi connectivity index (χ0n) is 16.6. The minimum absolute atomic E-state index is 1.11. The van der Waals surface area contributed by atoms with Crippen LogP contribution in [-0.4, -0.2) is 13.3 Å². The maximum atomic E-state index is 2.38. The summed E-state index contributed by atoms with van der Waals surface area (Å²) in [6, 6.07) is 40.9. The van der Waals surface area contributed by atoms with Crippen LogP contribution >= 0.6 is 0 Å². The Morgan fingerprint density at radius 3 is 1.32 bits per heavy atom. The Morgan fingerprint density at radius 2 is 0.857 bits per heavy atom. The van der Waals surface area contributed by atoms with Crippen LogP contribution in [0.4, 0.5) is 0 Å². The van der Waals surface area contributed by atoms with Crippen LogP contribution in [0.3, 0.4) is 0 Å². The second kappa shape index (κ2) is 8.20. The van der Waals surface area contributed by atoms with Gasteiger partial charge in [0.2, 0.25) is 0 Å². The number of rotatable bonds is 5. The van der Waals surface area contributed by atoms with E-state index in [-0.39, 0.29) is 0 Å². The third kappa shape index (κ3) is 3.70. The molecule has 0 aliphatic rings. The second-order valence-corrected chi connectivity index (χ2v) is 15.8. The molecular weight excluding hydrogens is 397 g/mol. The Hall–Kier alpha value is -2.58. The zero-order valence-corrected chi connectivity index (χ0v) is 18.7. The van der Waals surface area contributed by atoms with Crippen molar-refractivity contribution in [1.82, 2.24) is 0 Å². The van der Waals surface area contributed by atoms with Crippen molar-refractivity contribution in [1.29, 1.82) is 0 Å². The van der Waals surface area contributed by atoms with Gasteiger partial charge in [0.15, 0.2) is 0 Å². The Balaban J connectivity index is 1.99. The van der Waals surface area contributed by atoms with Crippen LogP contribution in [0.2, 0.25) is 0 Å². The molecule has 0 N–H and O–H groups in total. The van der Waals surface area contributed by atoms with Crippen LogP contribution in [0.15, 0.2) is 109 Å². The maximum absolute atomic E-state index is 2.90. The zero-order chi connectivity index (χ0) is 19.4. The average molecular weight is 423 g/mol. The molecule has 4 aromatic carbocycles. The van der Waals surface area contributed by atoms with Crippen LogP contribution in [0.25, 0.3) is 0 Å². The molecule has 1 heteroatoms. The molecule has 138 valence electrons. The van der Waals surface area contributed by atoms with E-state index in [4.69, 9.17) is 0 Å². The summed E-state index contributed by atoms with van der Waals surface area (Å²) in [5.74, 6) is 0. The van der Waals surface area contributed by atoms with E-state index in [0.717, 1.165) is 5.25 Å². The van der Waals surface area contributed by atoms with Gasteiger partial charge in [0.25, 0.3) is 0 Å². The van der Waals surface area contributed by atoms with Crippen molar-refractivity contribution in [2.45, 2.75) is 19.1 Å². The fourth-order valence-corrected chi connectivity index (χ4v) is 14.0. The summed E-state index contributed by atoms with van der Waals surface area (Å²) in [6.45, 7) is 4.33. The Labute approximate surface area is 171 Å². The van der Waals surface area contributed by atoms with Gasteiger partial charge in [-0.25, -0.2) is 0 Å². The summed E-state index contributed by atoms with van der Waals surface area (Å²) >= 11 is -2.90. The van der Waals surface area contributed by atoms with Crippen molar-refractivity contribution in [2.24, 2.45) is 0 Å². The van der Waals surface area contributed by atoms with Gasteiger partial charge in [-0.05, 0) is 0 Å². The molecule has 0 saturated carbocycles. The van der Waals surface area contributed by atoms with E-state index in [1.54, 1.807) is 0 Å². The molecule has 0 aromatic heterocycles. The first-order valence-electron chi connectivity index (χ1n) is 9.92. The molecule has 0 aliphatic heterocycles. The van der Waals surface area contributed by atoms with Gasteiger partial charge in [0, 0.05) is 0 Å². The molecule has 28 heavy (non-hydrogen) atoms. The first kappa shape index (κ1) is 18.8. The van der Waals surface area contributed by atoms with Crippen molar-refractivity contribution >= 4 is 26.5 Å². The monoisotopic (exact) mass is 424 g/mol. The van der Waals surface area contributed by atoms with Crippen LogP contribution < -0.4 is 13.2 Å². The van der Waals surface area contributed by atoms with Gasteiger partial charge >= 0.3 is 171 Å². The average Bonchev–Trinajstić information content (AvgIpc) is 2.75. The standard InChI is InChI=1S/C27H26Ge/c1-22-13-17-24(18-14-22)21-28(25-9-5-3-6-10-25,26-11-7-4-8-12-26)27-19-15-23(2)16-20-27/h3-20H,21H2,1-2H3. The van der Waals surface area contributed by atoms with Gasteiger partial charge in [0.1, 0.15) is 0 Å². The van der Waals surface area contributed by atoms with Gasteiger partial charge in [-0.15, -0.1) is 0 Å². The van der Waals surface area contributed by atoms with Crippen LogP contribution in [0.1, 0.15) is 16.7 Å². The van der Waals surface area contributed by atoms with Crippen LogP contribution in [0.5, 0.6) is 0 Å². The fourth-order valence-electron chi connectivity index (χ4n) is 4.10. The molecule has 0 fully saturated rings. The van der Waals surface area contributed by atoms with Crippen molar-refractivity contribution in [3.05, 3.63) is 126 Å². The van der Waals surface area contributed by atoms with E-state index >= 15 is 0 Å². The van der Waals surface area contributed by atoms with Crippen molar-refractivity contribution in [2.75, 3.05) is 0 Å². The van der Waals surface area contributed by atoms with E-state index < -0.39 is 13.3 Å². The van der Waals surface area contributed by atoms with Crippen molar-refractivity contribution in [3.63, 3.8) is 0 Å². The SMILES string of the molecule is Cc1ccc([CH2][Ge]([c]2ccccc2)([c]2ccccc2)[c]2ccc(C)cc2)cc1. The molecule has 0 heterocycles. The first-order chi connectivity index (χ1) is 13.7. The first-order valence-corrected chi connectivity index (χ1v) is 14.6. The minimum atomic E-state index is -2.90. The molecule has 4 aromatic rings. The predicted octanol–water partition coefficient (Wildman–Crippen LogP) is 4.56. The summed E-state index contributed by atoms with van der Waals surface area (Å²) < 4.78 is 4.54. The molecule has 0 spiro atoms.